The van der Waals surface area contributed by atoms with Crippen LogP contribution in [0, 0.1) is 24.2 Å². The average Bonchev–Trinajstić information content (AvgIpc) is 3.58. The number of anilines is 4. The number of carbonyl (C=O) groups is 1. The molecule has 3 saturated carbocycles. The Labute approximate surface area is 195 Å². The van der Waals surface area contributed by atoms with E-state index in [9.17, 15) is 9.90 Å². The number of hydrogen-bond acceptors (Lipinski definition) is 6. The van der Waals surface area contributed by atoms with Gasteiger partial charge in [-0.05, 0) is 81.4 Å². The van der Waals surface area contributed by atoms with E-state index in [4.69, 9.17) is 4.98 Å². The molecule has 7 nitrogen and oxygen atoms in total. The normalized spacial score (nSPS) is 31.0. The topological polar surface area (TPSA) is 99.2 Å². The Kier molecular flexibility index (Phi) is 5.55. The van der Waals surface area contributed by atoms with Crippen LogP contribution < -0.4 is 16.0 Å². The fraction of sp³-hybridized carbons (Fsp3) is 0.577. The summed E-state index contributed by atoms with van der Waals surface area (Å²) in [5, 5.41) is 21.0. The molecule has 4 N–H and O–H groups in total. The van der Waals surface area contributed by atoms with Crippen LogP contribution in [0.3, 0.4) is 0 Å². The van der Waals surface area contributed by atoms with Crippen LogP contribution in [0.1, 0.15) is 64.4 Å². The molecule has 5 rings (SSSR count). The third kappa shape index (κ3) is 4.69. The molecule has 2 aromatic rings. The first kappa shape index (κ1) is 22.1. The zero-order valence-electron chi connectivity index (χ0n) is 19.8. The van der Waals surface area contributed by atoms with E-state index in [2.05, 4.69) is 34.8 Å². The van der Waals surface area contributed by atoms with Gasteiger partial charge in [0.25, 0.3) is 0 Å². The number of aryl methyl sites for hydroxylation is 1. The van der Waals surface area contributed by atoms with Crippen molar-refractivity contribution < 1.29 is 9.90 Å². The number of benzene rings is 1. The maximum absolute atomic E-state index is 12.1. The quantitative estimate of drug-likeness (QED) is 0.495. The number of aliphatic hydroxyl groups is 1. The highest BCUT2D eigenvalue weighted by Crippen LogP contribution is 2.53. The van der Waals surface area contributed by atoms with Gasteiger partial charge in [-0.2, -0.15) is 4.98 Å². The first-order chi connectivity index (χ1) is 15.7. The van der Waals surface area contributed by atoms with Crippen molar-refractivity contribution in [2.75, 3.05) is 16.0 Å². The summed E-state index contributed by atoms with van der Waals surface area (Å²) in [5.74, 6) is 1.96. The molecule has 3 fully saturated rings. The number of nitrogens with zero attached hydrogens (tertiary/aromatic N) is 2. The van der Waals surface area contributed by atoms with Gasteiger partial charge in [0.1, 0.15) is 5.82 Å². The molecule has 176 valence electrons. The van der Waals surface area contributed by atoms with Crippen molar-refractivity contribution >= 4 is 29.0 Å². The van der Waals surface area contributed by atoms with Gasteiger partial charge in [0, 0.05) is 35.1 Å². The lowest BCUT2D eigenvalue weighted by Crippen LogP contribution is -2.57. The summed E-state index contributed by atoms with van der Waals surface area (Å²) in [4.78, 5) is 21.4. The van der Waals surface area contributed by atoms with Crippen LogP contribution in [0.25, 0.3) is 0 Å². The largest absolute Gasteiger partial charge is 0.390 e. The van der Waals surface area contributed by atoms with E-state index in [0.29, 0.717) is 11.9 Å². The average molecular weight is 450 g/mol. The van der Waals surface area contributed by atoms with Gasteiger partial charge in [-0.25, -0.2) is 4.98 Å². The van der Waals surface area contributed by atoms with E-state index < -0.39 is 5.60 Å². The lowest BCUT2D eigenvalue weighted by Gasteiger charge is -2.55. The predicted octanol–water partition coefficient (Wildman–Crippen LogP) is 5.01. The maximum Gasteiger partial charge on any atom is 0.229 e. The minimum Gasteiger partial charge on any atom is -0.390 e. The Hall–Kier alpha value is -2.67. The molecule has 1 amide bonds. The van der Waals surface area contributed by atoms with Crippen LogP contribution in [-0.2, 0) is 4.79 Å². The fourth-order valence-corrected chi connectivity index (χ4v) is 6.10. The third-order valence-corrected chi connectivity index (χ3v) is 7.74. The Balaban J connectivity index is 1.32. The zero-order valence-corrected chi connectivity index (χ0v) is 19.8. The van der Waals surface area contributed by atoms with Crippen LogP contribution in [0.5, 0.6) is 0 Å². The SMILES string of the molecule is Cc1cnc(Nc2cccc(NC(=O)C3CC3)c2)nc1N[C@H]1C(C)C[C@@]2(O)CCCC1(C)C2. The third-order valence-electron chi connectivity index (χ3n) is 7.74. The van der Waals surface area contributed by atoms with E-state index >= 15 is 0 Å². The van der Waals surface area contributed by atoms with Crippen molar-refractivity contribution in [2.45, 2.75) is 77.4 Å². The molecular weight excluding hydrogens is 414 g/mol. The number of aromatic nitrogens is 2. The molecule has 0 spiro atoms. The van der Waals surface area contributed by atoms with Crippen molar-refractivity contribution in [1.29, 1.82) is 0 Å². The number of hydrogen-bond donors (Lipinski definition) is 4. The van der Waals surface area contributed by atoms with Gasteiger partial charge in [-0.3, -0.25) is 4.79 Å². The highest BCUT2D eigenvalue weighted by Gasteiger charge is 2.52. The summed E-state index contributed by atoms with van der Waals surface area (Å²) in [5.41, 5.74) is 2.13. The van der Waals surface area contributed by atoms with Gasteiger partial charge < -0.3 is 21.1 Å². The second kappa shape index (κ2) is 8.28. The summed E-state index contributed by atoms with van der Waals surface area (Å²) < 4.78 is 0. The van der Waals surface area contributed by atoms with E-state index in [0.717, 1.165) is 67.7 Å². The van der Waals surface area contributed by atoms with Gasteiger partial charge in [-0.15, -0.1) is 0 Å². The second-order valence-corrected chi connectivity index (χ2v) is 10.9. The maximum atomic E-state index is 12.1. The van der Waals surface area contributed by atoms with Crippen LogP contribution >= 0.6 is 0 Å². The number of nitrogens with one attached hydrogen (secondary N) is 3. The molecule has 7 heteroatoms. The van der Waals surface area contributed by atoms with Gasteiger partial charge >= 0.3 is 0 Å². The zero-order chi connectivity index (χ0) is 23.2. The molecule has 2 unspecified atom stereocenters. The molecule has 1 aromatic carbocycles. The number of carbonyl (C=O) groups excluding carboxylic acids is 1. The summed E-state index contributed by atoms with van der Waals surface area (Å²) in [6.45, 7) is 6.57. The fourth-order valence-electron chi connectivity index (χ4n) is 6.10. The van der Waals surface area contributed by atoms with Crippen LogP contribution in [-0.4, -0.2) is 32.6 Å². The summed E-state index contributed by atoms with van der Waals surface area (Å²) in [6, 6.07) is 7.90. The Morgan fingerprint density at radius 2 is 2.00 bits per heavy atom. The van der Waals surface area contributed by atoms with Gasteiger partial charge in [-0.1, -0.05) is 19.9 Å². The number of amides is 1. The monoisotopic (exact) mass is 449 g/mol. The van der Waals surface area contributed by atoms with E-state index in [-0.39, 0.29) is 23.3 Å². The summed E-state index contributed by atoms with van der Waals surface area (Å²) in [7, 11) is 0. The molecule has 0 radical (unpaired) electrons. The molecule has 3 aliphatic rings. The van der Waals surface area contributed by atoms with Crippen LogP contribution in [0.4, 0.5) is 23.1 Å². The minimum absolute atomic E-state index is 0.0454. The van der Waals surface area contributed by atoms with Gasteiger partial charge in [0.15, 0.2) is 0 Å². The first-order valence-electron chi connectivity index (χ1n) is 12.2. The van der Waals surface area contributed by atoms with E-state index in [1.807, 2.05) is 37.4 Å². The minimum atomic E-state index is -0.516. The Morgan fingerprint density at radius 3 is 2.79 bits per heavy atom. The second-order valence-electron chi connectivity index (χ2n) is 10.9. The molecule has 33 heavy (non-hydrogen) atoms. The van der Waals surface area contributed by atoms with Crippen molar-refractivity contribution in [3.63, 3.8) is 0 Å². The number of rotatable bonds is 6. The molecule has 2 bridgehead atoms. The van der Waals surface area contributed by atoms with Crippen molar-refractivity contribution in [3.05, 3.63) is 36.0 Å². The summed E-state index contributed by atoms with van der Waals surface area (Å²) in [6.07, 6.45) is 8.58. The van der Waals surface area contributed by atoms with Crippen molar-refractivity contribution in [1.82, 2.24) is 9.97 Å². The predicted molar refractivity (Wildman–Crippen MR) is 131 cm³/mol. The molecule has 0 saturated heterocycles. The van der Waals surface area contributed by atoms with Crippen LogP contribution in [0.15, 0.2) is 30.5 Å². The molecule has 3 aliphatic carbocycles. The van der Waals surface area contributed by atoms with Crippen LogP contribution in [0.2, 0.25) is 0 Å². The standard InChI is InChI=1S/C26H35N5O2/c1-16-13-26(33)11-5-10-25(3,15-26)21(16)30-22-17(2)14-27-24(31-22)29-20-7-4-6-19(12-20)28-23(32)18-8-9-18/h4,6-7,12,14,16,18,21,33H,5,8-11,13,15H2,1-3H3,(H,28,32)(H2,27,29,30,31)/t16?,21-,25?,26-/m0/s1. The smallest absolute Gasteiger partial charge is 0.229 e. The van der Waals surface area contributed by atoms with Crippen molar-refractivity contribution in [3.8, 4) is 0 Å². The van der Waals surface area contributed by atoms with E-state index in [1.54, 1.807) is 0 Å². The van der Waals surface area contributed by atoms with Crippen molar-refractivity contribution in [2.24, 2.45) is 17.3 Å². The molecular formula is C26H35N5O2. The highest BCUT2D eigenvalue weighted by molar-refractivity contribution is 5.94. The molecule has 1 aromatic heterocycles. The highest BCUT2D eigenvalue weighted by atomic mass is 16.3. The Morgan fingerprint density at radius 1 is 1.21 bits per heavy atom. The molecule has 1 heterocycles. The molecule has 4 atom stereocenters. The molecule has 0 aliphatic heterocycles. The number of fused-ring (bicyclic) bond motifs is 2. The lowest BCUT2D eigenvalue weighted by molar-refractivity contribution is -0.117. The first-order valence-corrected chi connectivity index (χ1v) is 12.2. The Bertz CT molecular complexity index is 1050. The lowest BCUT2D eigenvalue weighted by atomic mass is 9.55. The van der Waals surface area contributed by atoms with Gasteiger partial charge in [0.2, 0.25) is 11.9 Å². The van der Waals surface area contributed by atoms with E-state index in [1.165, 1.54) is 0 Å². The van der Waals surface area contributed by atoms with Gasteiger partial charge in [0.05, 0.1) is 5.60 Å². The summed E-state index contributed by atoms with van der Waals surface area (Å²) >= 11 is 0.